The first-order valence-electron chi connectivity index (χ1n) is 13.9. The van der Waals surface area contributed by atoms with Crippen molar-refractivity contribution in [3.8, 4) is 11.5 Å². The van der Waals surface area contributed by atoms with Crippen LogP contribution in [0.4, 0.5) is 0 Å². The van der Waals surface area contributed by atoms with Gasteiger partial charge in [0.15, 0.2) is 13.2 Å². The number of ether oxygens (including phenoxy) is 2. The lowest BCUT2D eigenvalue weighted by Crippen LogP contribution is -2.29. The summed E-state index contributed by atoms with van der Waals surface area (Å²) in [5, 5.41) is 7.61. The van der Waals surface area contributed by atoms with E-state index in [0.29, 0.717) is 35.2 Å². The fraction of sp³-hybridized carbons (Fsp3) is 0.375. The number of benzene rings is 2. The average Bonchev–Trinajstić information content (AvgIpc) is 2.95. The lowest BCUT2D eigenvalue weighted by atomic mass is 10.00. The van der Waals surface area contributed by atoms with Gasteiger partial charge in [0.25, 0.3) is 11.8 Å². The van der Waals surface area contributed by atoms with Gasteiger partial charge in [-0.1, -0.05) is 46.8 Å². The van der Waals surface area contributed by atoms with E-state index in [2.05, 4.69) is 55.4 Å². The van der Waals surface area contributed by atoms with Crippen LogP contribution < -0.4 is 20.1 Å². The molecule has 0 spiro atoms. The fourth-order valence-corrected chi connectivity index (χ4v) is 4.27. The van der Waals surface area contributed by atoms with Crippen molar-refractivity contribution in [1.82, 2.24) is 20.6 Å². The Kier molecular flexibility index (Phi) is 9.53. The summed E-state index contributed by atoms with van der Waals surface area (Å²) in [6, 6.07) is 15.8. The quantitative estimate of drug-likeness (QED) is 0.241. The molecule has 4 rings (SSSR count). The molecule has 0 bridgehead atoms. The van der Waals surface area contributed by atoms with Gasteiger partial charge in [0, 0.05) is 23.5 Å². The van der Waals surface area contributed by atoms with Crippen LogP contribution in [0.5, 0.6) is 11.5 Å². The summed E-state index contributed by atoms with van der Waals surface area (Å²) >= 11 is 0. The van der Waals surface area contributed by atoms with E-state index in [1.54, 1.807) is 6.20 Å². The van der Waals surface area contributed by atoms with Gasteiger partial charge in [-0.05, 0) is 65.8 Å². The van der Waals surface area contributed by atoms with Crippen LogP contribution in [0.15, 0.2) is 54.7 Å². The van der Waals surface area contributed by atoms with E-state index in [0.717, 1.165) is 33.8 Å². The molecule has 4 aromatic rings. The van der Waals surface area contributed by atoms with Gasteiger partial charge in [-0.25, -0.2) is 4.98 Å². The van der Waals surface area contributed by atoms with E-state index < -0.39 is 0 Å². The lowest BCUT2D eigenvalue weighted by molar-refractivity contribution is -0.123. The molecule has 8 heteroatoms. The van der Waals surface area contributed by atoms with Gasteiger partial charge in [-0.3, -0.25) is 14.6 Å². The molecular weight excluding hydrogens is 504 g/mol. The maximum atomic E-state index is 12.7. The van der Waals surface area contributed by atoms with Crippen LogP contribution in [0.3, 0.4) is 0 Å². The molecule has 0 unspecified atom stereocenters. The van der Waals surface area contributed by atoms with E-state index in [1.165, 1.54) is 0 Å². The molecule has 2 amide bonds. The molecule has 0 saturated heterocycles. The maximum absolute atomic E-state index is 12.7. The summed E-state index contributed by atoms with van der Waals surface area (Å²) in [4.78, 5) is 34.0. The lowest BCUT2D eigenvalue weighted by Gasteiger charge is -2.15. The monoisotopic (exact) mass is 542 g/mol. The molecule has 0 saturated carbocycles. The minimum Gasteiger partial charge on any atom is -0.481 e. The van der Waals surface area contributed by atoms with Crippen LogP contribution in [-0.2, 0) is 16.1 Å². The fourth-order valence-electron chi connectivity index (χ4n) is 4.27. The highest BCUT2D eigenvalue weighted by Gasteiger charge is 2.14. The summed E-state index contributed by atoms with van der Waals surface area (Å²) in [5.41, 5.74) is 4.27. The number of carbonyl (C=O) groups is 2. The van der Waals surface area contributed by atoms with Crippen LogP contribution in [0.25, 0.3) is 21.8 Å². The number of fused-ring (bicyclic) bond motifs is 2. The highest BCUT2D eigenvalue weighted by atomic mass is 16.5. The SMILES string of the molecule is CCCNC(=O)COc1cc(C(C)C)cc2ccc(CNC(=O)COc3cc(C(C)C)cc4cccnc34)nc12. The zero-order valence-corrected chi connectivity index (χ0v) is 23.9. The molecule has 0 aliphatic heterocycles. The molecule has 0 fully saturated rings. The van der Waals surface area contributed by atoms with Crippen molar-refractivity contribution in [2.24, 2.45) is 0 Å². The summed E-state index contributed by atoms with van der Waals surface area (Å²) in [7, 11) is 0. The smallest absolute Gasteiger partial charge is 0.258 e. The first-order chi connectivity index (χ1) is 19.2. The predicted octanol–water partition coefficient (Wildman–Crippen LogP) is 5.63. The first-order valence-corrected chi connectivity index (χ1v) is 13.9. The number of pyridine rings is 2. The Morgan fingerprint density at radius 3 is 2.02 bits per heavy atom. The summed E-state index contributed by atoms with van der Waals surface area (Å²) in [6.45, 7) is 11.1. The molecule has 0 aliphatic rings. The van der Waals surface area contributed by atoms with Crippen molar-refractivity contribution in [3.63, 3.8) is 0 Å². The first kappa shape index (κ1) is 28.8. The Labute approximate surface area is 235 Å². The van der Waals surface area contributed by atoms with E-state index in [-0.39, 0.29) is 37.5 Å². The van der Waals surface area contributed by atoms with Crippen LogP contribution in [0, 0.1) is 0 Å². The van der Waals surface area contributed by atoms with E-state index in [1.807, 2.05) is 43.3 Å². The molecule has 8 nitrogen and oxygen atoms in total. The summed E-state index contributed by atoms with van der Waals surface area (Å²) in [6.07, 6.45) is 2.58. The van der Waals surface area contributed by atoms with Crippen molar-refractivity contribution < 1.29 is 19.1 Å². The number of carbonyl (C=O) groups excluding carboxylic acids is 2. The van der Waals surface area contributed by atoms with Crippen molar-refractivity contribution in [3.05, 3.63) is 71.5 Å². The van der Waals surface area contributed by atoms with Crippen LogP contribution >= 0.6 is 0 Å². The number of rotatable bonds is 12. The Bertz CT molecular complexity index is 1500. The van der Waals surface area contributed by atoms with E-state index in [4.69, 9.17) is 14.5 Å². The molecule has 0 radical (unpaired) electrons. The Hall–Kier alpha value is -4.20. The number of hydrogen-bond acceptors (Lipinski definition) is 6. The summed E-state index contributed by atoms with van der Waals surface area (Å²) in [5.74, 6) is 1.31. The highest BCUT2D eigenvalue weighted by molar-refractivity contribution is 5.87. The van der Waals surface area contributed by atoms with Crippen molar-refractivity contribution in [2.45, 2.75) is 59.4 Å². The number of amides is 2. The van der Waals surface area contributed by atoms with Crippen LogP contribution in [0.2, 0.25) is 0 Å². The van der Waals surface area contributed by atoms with Gasteiger partial charge in [-0.2, -0.15) is 0 Å². The van der Waals surface area contributed by atoms with Gasteiger partial charge in [-0.15, -0.1) is 0 Å². The Balaban J connectivity index is 1.45. The molecule has 0 aliphatic carbocycles. The van der Waals surface area contributed by atoms with Crippen molar-refractivity contribution in [2.75, 3.05) is 19.8 Å². The second-order valence-corrected chi connectivity index (χ2v) is 10.5. The third kappa shape index (κ3) is 7.25. The third-order valence-corrected chi connectivity index (χ3v) is 6.62. The Morgan fingerprint density at radius 1 is 0.800 bits per heavy atom. The molecule has 40 heavy (non-hydrogen) atoms. The zero-order valence-electron chi connectivity index (χ0n) is 23.9. The number of nitrogens with zero attached hydrogens (tertiary/aromatic N) is 2. The zero-order chi connectivity index (χ0) is 28.6. The molecule has 2 aromatic carbocycles. The van der Waals surface area contributed by atoms with Crippen LogP contribution in [0.1, 0.15) is 69.7 Å². The van der Waals surface area contributed by atoms with Crippen molar-refractivity contribution >= 4 is 33.6 Å². The molecule has 2 N–H and O–H groups in total. The van der Waals surface area contributed by atoms with Crippen LogP contribution in [-0.4, -0.2) is 41.5 Å². The molecule has 2 heterocycles. The highest BCUT2D eigenvalue weighted by Crippen LogP contribution is 2.31. The van der Waals surface area contributed by atoms with E-state index in [9.17, 15) is 9.59 Å². The minimum atomic E-state index is -0.264. The minimum absolute atomic E-state index is 0.0851. The second-order valence-electron chi connectivity index (χ2n) is 10.5. The number of aromatic nitrogens is 2. The third-order valence-electron chi connectivity index (χ3n) is 6.62. The van der Waals surface area contributed by atoms with Gasteiger partial charge in [0.2, 0.25) is 0 Å². The standard InChI is InChI=1S/C32H38N4O4/c1-6-11-33-29(37)18-40-28-16-25(21(4)5)14-23-9-10-26(36-32(23)28)17-35-30(38)19-39-27-15-24(20(2)3)13-22-8-7-12-34-31(22)27/h7-10,12-16,20-21H,6,11,17-19H2,1-5H3,(H,33,37)(H,35,38). The largest absolute Gasteiger partial charge is 0.481 e. The molecular formula is C32H38N4O4. The average molecular weight is 543 g/mol. The Morgan fingerprint density at radius 2 is 1.40 bits per heavy atom. The summed E-state index contributed by atoms with van der Waals surface area (Å²) < 4.78 is 11.8. The number of nitrogens with one attached hydrogen (secondary N) is 2. The van der Waals surface area contributed by atoms with Crippen molar-refractivity contribution in [1.29, 1.82) is 0 Å². The van der Waals surface area contributed by atoms with E-state index >= 15 is 0 Å². The second kappa shape index (κ2) is 13.2. The molecule has 210 valence electrons. The number of hydrogen-bond donors (Lipinski definition) is 2. The molecule has 2 aromatic heterocycles. The van der Waals surface area contributed by atoms with Gasteiger partial charge in [0.05, 0.1) is 12.2 Å². The van der Waals surface area contributed by atoms with Gasteiger partial charge < -0.3 is 20.1 Å². The normalized spacial score (nSPS) is 11.3. The van der Waals surface area contributed by atoms with Gasteiger partial charge in [0.1, 0.15) is 22.5 Å². The topological polar surface area (TPSA) is 102 Å². The maximum Gasteiger partial charge on any atom is 0.258 e. The predicted molar refractivity (Wildman–Crippen MR) is 158 cm³/mol. The molecule has 0 atom stereocenters. The van der Waals surface area contributed by atoms with Gasteiger partial charge >= 0.3 is 0 Å².